The van der Waals surface area contributed by atoms with E-state index < -0.39 is 0 Å². The van der Waals surface area contributed by atoms with E-state index in [0.29, 0.717) is 0 Å². The Kier molecular flexibility index (Phi) is 2.31. The molecule has 1 saturated carbocycles. The fraction of sp³-hybridized carbons (Fsp3) is 0.600. The fourth-order valence-electron chi connectivity index (χ4n) is 3.69. The van der Waals surface area contributed by atoms with Crippen molar-refractivity contribution in [2.24, 2.45) is 17.3 Å². The Bertz CT molecular complexity index is 500. The first-order valence-electron chi connectivity index (χ1n) is 6.59. The summed E-state index contributed by atoms with van der Waals surface area (Å²) in [5.74, 6) is 0.144. The van der Waals surface area contributed by atoms with Gasteiger partial charge in [0, 0.05) is 16.9 Å². The van der Waals surface area contributed by atoms with E-state index >= 15 is 0 Å². The number of carbonyl (C=O) groups is 2. The van der Waals surface area contributed by atoms with Gasteiger partial charge in [0.25, 0.3) is 0 Å². The molecule has 3 heteroatoms. The van der Waals surface area contributed by atoms with Crippen LogP contribution < -0.4 is 0 Å². The van der Waals surface area contributed by atoms with E-state index in [9.17, 15) is 9.59 Å². The van der Waals surface area contributed by atoms with Crippen LogP contribution in [-0.2, 0) is 14.3 Å². The third-order valence-electron chi connectivity index (χ3n) is 4.92. The van der Waals surface area contributed by atoms with Crippen molar-refractivity contribution >= 4 is 11.8 Å². The number of ketones is 1. The lowest BCUT2D eigenvalue weighted by Gasteiger charge is -2.42. The molecule has 1 saturated heterocycles. The molecule has 4 atom stereocenters. The molecule has 3 nitrogen and oxygen atoms in total. The van der Waals surface area contributed by atoms with Gasteiger partial charge in [-0.1, -0.05) is 19.9 Å². The summed E-state index contributed by atoms with van der Waals surface area (Å²) in [6.07, 6.45) is 5.46. The molecule has 0 aromatic rings. The molecule has 0 radical (unpaired) electrons. The molecule has 1 heterocycles. The van der Waals surface area contributed by atoms with Crippen LogP contribution in [0.25, 0.3) is 0 Å². The number of allylic oxidation sites excluding steroid dienone is 3. The molecule has 0 amide bonds. The van der Waals surface area contributed by atoms with E-state index in [0.717, 1.165) is 24.0 Å². The molecular formula is C15H18O3. The molecule has 1 aliphatic heterocycles. The van der Waals surface area contributed by atoms with E-state index in [2.05, 4.69) is 6.92 Å². The molecule has 3 aliphatic rings. The van der Waals surface area contributed by atoms with Gasteiger partial charge in [-0.05, 0) is 31.4 Å². The van der Waals surface area contributed by atoms with E-state index in [4.69, 9.17) is 4.74 Å². The maximum Gasteiger partial charge on any atom is 0.309 e. The van der Waals surface area contributed by atoms with Gasteiger partial charge in [-0.2, -0.15) is 0 Å². The number of rotatable bonds is 0. The second kappa shape index (κ2) is 3.56. The molecule has 0 aromatic carbocycles. The van der Waals surface area contributed by atoms with Crippen LogP contribution in [0, 0.1) is 17.3 Å². The van der Waals surface area contributed by atoms with Crippen LogP contribution in [-0.4, -0.2) is 17.9 Å². The lowest BCUT2D eigenvalue weighted by Crippen LogP contribution is -2.39. The van der Waals surface area contributed by atoms with Crippen LogP contribution >= 0.6 is 0 Å². The average Bonchev–Trinajstić information content (AvgIpc) is 2.60. The van der Waals surface area contributed by atoms with Gasteiger partial charge in [-0.25, -0.2) is 0 Å². The van der Waals surface area contributed by atoms with Crippen molar-refractivity contribution in [1.29, 1.82) is 0 Å². The van der Waals surface area contributed by atoms with Gasteiger partial charge in [0.15, 0.2) is 5.78 Å². The number of esters is 1. The average molecular weight is 246 g/mol. The summed E-state index contributed by atoms with van der Waals surface area (Å²) in [6, 6.07) is 0. The van der Waals surface area contributed by atoms with Gasteiger partial charge < -0.3 is 4.74 Å². The zero-order valence-corrected chi connectivity index (χ0v) is 11.0. The van der Waals surface area contributed by atoms with Crippen molar-refractivity contribution < 1.29 is 14.3 Å². The number of ether oxygens (including phenoxy) is 1. The number of carbonyl (C=O) groups excluding carboxylic acids is 2. The summed E-state index contributed by atoms with van der Waals surface area (Å²) >= 11 is 0. The van der Waals surface area contributed by atoms with Gasteiger partial charge in [-0.15, -0.1) is 0 Å². The molecular weight excluding hydrogens is 228 g/mol. The highest BCUT2D eigenvalue weighted by atomic mass is 16.6. The highest BCUT2D eigenvalue weighted by Crippen LogP contribution is 2.52. The zero-order valence-electron chi connectivity index (χ0n) is 11.0. The minimum Gasteiger partial charge on any atom is -0.457 e. The molecule has 1 unspecified atom stereocenters. The van der Waals surface area contributed by atoms with Gasteiger partial charge in [0.2, 0.25) is 0 Å². The maximum absolute atomic E-state index is 11.9. The van der Waals surface area contributed by atoms with Crippen LogP contribution in [0.3, 0.4) is 0 Å². The molecule has 0 aromatic heterocycles. The summed E-state index contributed by atoms with van der Waals surface area (Å²) in [5, 5.41) is 0. The van der Waals surface area contributed by atoms with Gasteiger partial charge >= 0.3 is 5.97 Å². The first-order chi connectivity index (χ1) is 8.44. The van der Waals surface area contributed by atoms with Crippen molar-refractivity contribution in [1.82, 2.24) is 0 Å². The molecule has 2 aliphatic carbocycles. The van der Waals surface area contributed by atoms with E-state index in [1.807, 2.05) is 19.9 Å². The minimum absolute atomic E-state index is 0.0409. The Labute approximate surface area is 107 Å². The van der Waals surface area contributed by atoms with Crippen LogP contribution in [0.5, 0.6) is 0 Å². The first-order valence-corrected chi connectivity index (χ1v) is 6.59. The summed E-state index contributed by atoms with van der Waals surface area (Å²) in [6.45, 7) is 5.94. The number of fused-ring (bicyclic) bond motifs is 3. The third kappa shape index (κ3) is 1.36. The predicted molar refractivity (Wildman–Crippen MR) is 66.7 cm³/mol. The zero-order chi connectivity index (χ0) is 13.1. The second-order valence-electron chi connectivity index (χ2n) is 6.00. The maximum atomic E-state index is 11.9. The Balaban J connectivity index is 2.10. The summed E-state index contributed by atoms with van der Waals surface area (Å²) in [4.78, 5) is 23.6. The molecule has 0 N–H and O–H groups in total. The van der Waals surface area contributed by atoms with Crippen LogP contribution in [0.2, 0.25) is 0 Å². The SMILES string of the molecule is CC1=C2[C@H]3OC(=O)C(C)[C@@H]3CC[C@@]2(C)C=CC1=O. The van der Waals surface area contributed by atoms with Crippen LogP contribution in [0.4, 0.5) is 0 Å². The highest BCUT2D eigenvalue weighted by molar-refractivity contribution is 6.05. The molecule has 0 bridgehead atoms. The van der Waals surface area contributed by atoms with E-state index in [-0.39, 0.29) is 35.1 Å². The molecule has 96 valence electrons. The Morgan fingerprint density at radius 3 is 2.83 bits per heavy atom. The number of hydrogen-bond donors (Lipinski definition) is 0. The molecule has 18 heavy (non-hydrogen) atoms. The summed E-state index contributed by atoms with van der Waals surface area (Å²) < 4.78 is 5.55. The van der Waals surface area contributed by atoms with E-state index in [1.165, 1.54) is 0 Å². The van der Waals surface area contributed by atoms with Gasteiger partial charge in [-0.3, -0.25) is 9.59 Å². The first kappa shape index (κ1) is 11.7. The van der Waals surface area contributed by atoms with E-state index in [1.54, 1.807) is 6.08 Å². The lowest BCUT2D eigenvalue weighted by molar-refractivity contribution is -0.143. The topological polar surface area (TPSA) is 43.4 Å². The van der Waals surface area contributed by atoms with Crippen molar-refractivity contribution in [2.45, 2.75) is 39.7 Å². The normalized spacial score (nSPS) is 42.7. The summed E-state index contributed by atoms with van der Waals surface area (Å²) in [7, 11) is 0. The fourth-order valence-corrected chi connectivity index (χ4v) is 3.69. The van der Waals surface area contributed by atoms with Crippen molar-refractivity contribution in [3.8, 4) is 0 Å². The Hall–Kier alpha value is -1.38. The summed E-state index contributed by atoms with van der Waals surface area (Å²) in [5.41, 5.74) is 1.71. The van der Waals surface area contributed by atoms with Crippen molar-refractivity contribution in [2.75, 3.05) is 0 Å². The Morgan fingerprint density at radius 2 is 2.11 bits per heavy atom. The minimum atomic E-state index is -0.180. The smallest absolute Gasteiger partial charge is 0.309 e. The standard InChI is InChI=1S/C15H18O3/c1-8-10-4-6-15(3)7-5-11(16)9(2)12(15)13(10)18-14(8)17/h5,7-8,10,13H,4,6H2,1-3H3/t8?,10-,13-,15-/m0/s1. The lowest BCUT2D eigenvalue weighted by atomic mass is 9.62. The molecule has 3 rings (SSSR count). The van der Waals surface area contributed by atoms with Crippen molar-refractivity contribution in [3.05, 3.63) is 23.3 Å². The van der Waals surface area contributed by atoms with Gasteiger partial charge in [0.05, 0.1) is 5.92 Å². The van der Waals surface area contributed by atoms with Crippen molar-refractivity contribution in [3.63, 3.8) is 0 Å². The Morgan fingerprint density at radius 1 is 1.39 bits per heavy atom. The largest absolute Gasteiger partial charge is 0.457 e. The highest BCUT2D eigenvalue weighted by Gasteiger charge is 2.52. The number of hydrogen-bond acceptors (Lipinski definition) is 3. The third-order valence-corrected chi connectivity index (χ3v) is 4.92. The van der Waals surface area contributed by atoms with Crippen LogP contribution in [0.15, 0.2) is 23.3 Å². The predicted octanol–water partition coefficient (Wildman–Crippen LogP) is 2.42. The van der Waals surface area contributed by atoms with Crippen LogP contribution in [0.1, 0.15) is 33.6 Å². The molecule has 2 fully saturated rings. The van der Waals surface area contributed by atoms with Gasteiger partial charge in [0.1, 0.15) is 6.10 Å². The molecule has 0 spiro atoms. The quantitative estimate of drug-likeness (QED) is 0.616. The monoisotopic (exact) mass is 246 g/mol. The second-order valence-corrected chi connectivity index (χ2v) is 6.00.